The molecule has 0 atom stereocenters. The van der Waals surface area contributed by atoms with Crippen LogP contribution >= 0.6 is 0 Å². The molecule has 0 spiro atoms. The Kier molecular flexibility index (Phi) is 3.24. The highest BCUT2D eigenvalue weighted by Gasteiger charge is 2.10. The van der Waals surface area contributed by atoms with Gasteiger partial charge in [-0.2, -0.15) is 4.80 Å². The number of hydrogen-bond donors (Lipinski definition) is 1. The molecule has 1 aromatic heterocycles. The topological polar surface area (TPSA) is 86.7 Å². The molecule has 0 radical (unpaired) electrons. The molecule has 0 unspecified atom stereocenters. The number of tetrazole rings is 1. The maximum Gasteiger partial charge on any atom is 0.182 e. The zero-order chi connectivity index (χ0) is 12.3. The summed E-state index contributed by atoms with van der Waals surface area (Å²) in [4.78, 5) is 13.2. The highest BCUT2D eigenvalue weighted by Crippen LogP contribution is 2.06. The van der Waals surface area contributed by atoms with Gasteiger partial charge in [0.25, 0.3) is 0 Å². The lowest BCUT2D eigenvalue weighted by molar-refractivity contribution is 0.0990. The zero-order valence-electron chi connectivity index (χ0n) is 9.50. The van der Waals surface area contributed by atoms with E-state index in [-0.39, 0.29) is 12.2 Å². The number of aryl methyl sites for hydroxylation is 1. The first-order valence-corrected chi connectivity index (χ1v) is 5.24. The molecule has 0 amide bonds. The Morgan fingerprint density at radius 3 is 2.59 bits per heavy atom. The fourth-order valence-electron chi connectivity index (χ4n) is 1.47. The molecule has 6 heteroatoms. The average molecular weight is 231 g/mol. The van der Waals surface area contributed by atoms with E-state index in [0.717, 1.165) is 5.56 Å². The molecule has 0 aliphatic heterocycles. The number of rotatable bonds is 4. The largest absolute Gasteiger partial charge is 0.326 e. The number of nitrogens with zero attached hydrogens (tertiary/aromatic N) is 4. The summed E-state index contributed by atoms with van der Waals surface area (Å²) in [6.45, 7) is 0.472. The first-order chi connectivity index (χ1) is 8.19. The second-order valence-electron chi connectivity index (χ2n) is 3.70. The molecule has 88 valence electrons. The van der Waals surface area contributed by atoms with Gasteiger partial charge in [0.2, 0.25) is 0 Å². The number of carbonyl (C=O) groups is 1. The van der Waals surface area contributed by atoms with E-state index in [1.54, 1.807) is 19.2 Å². The van der Waals surface area contributed by atoms with Crippen LogP contribution in [0, 0.1) is 0 Å². The Balaban J connectivity index is 2.09. The van der Waals surface area contributed by atoms with Gasteiger partial charge in [-0.05, 0) is 10.8 Å². The highest BCUT2D eigenvalue weighted by molar-refractivity contribution is 5.97. The zero-order valence-corrected chi connectivity index (χ0v) is 9.50. The van der Waals surface area contributed by atoms with Crippen LogP contribution in [0.25, 0.3) is 0 Å². The second kappa shape index (κ2) is 4.84. The van der Waals surface area contributed by atoms with Crippen LogP contribution in [0.1, 0.15) is 21.7 Å². The van der Waals surface area contributed by atoms with Crippen molar-refractivity contribution in [1.29, 1.82) is 0 Å². The Morgan fingerprint density at radius 1 is 1.35 bits per heavy atom. The summed E-state index contributed by atoms with van der Waals surface area (Å²) >= 11 is 0. The summed E-state index contributed by atoms with van der Waals surface area (Å²) in [5.74, 6) is 0.405. The van der Waals surface area contributed by atoms with Gasteiger partial charge in [-0.3, -0.25) is 4.79 Å². The van der Waals surface area contributed by atoms with Crippen LogP contribution in [0.4, 0.5) is 0 Å². The van der Waals surface area contributed by atoms with Crippen LogP contribution in [-0.4, -0.2) is 26.0 Å². The van der Waals surface area contributed by atoms with Crippen LogP contribution in [0.15, 0.2) is 24.3 Å². The van der Waals surface area contributed by atoms with Gasteiger partial charge >= 0.3 is 0 Å². The van der Waals surface area contributed by atoms with Crippen LogP contribution < -0.4 is 5.73 Å². The number of Topliss-reactive ketones (excluding diaryl/α,β-unsaturated/α-hetero) is 1. The van der Waals surface area contributed by atoms with E-state index in [4.69, 9.17) is 5.73 Å². The van der Waals surface area contributed by atoms with Crippen LogP contribution in [-0.2, 0) is 20.0 Å². The molecule has 0 saturated heterocycles. The van der Waals surface area contributed by atoms with Crippen LogP contribution in [0.3, 0.4) is 0 Å². The summed E-state index contributed by atoms with van der Waals surface area (Å²) in [5.41, 5.74) is 7.12. The Hall–Kier alpha value is -2.08. The lowest BCUT2D eigenvalue weighted by atomic mass is 10.1. The van der Waals surface area contributed by atoms with Gasteiger partial charge < -0.3 is 5.73 Å². The molecule has 0 bridgehead atoms. The highest BCUT2D eigenvalue weighted by atomic mass is 16.1. The molecule has 1 aromatic carbocycles. The number of benzene rings is 1. The predicted molar refractivity (Wildman–Crippen MR) is 61.2 cm³/mol. The minimum absolute atomic E-state index is 0.0263. The Labute approximate surface area is 98.4 Å². The average Bonchev–Trinajstić information content (AvgIpc) is 2.75. The van der Waals surface area contributed by atoms with Gasteiger partial charge in [-0.15, -0.1) is 10.2 Å². The maximum atomic E-state index is 11.9. The SMILES string of the molecule is Cn1nnc(CC(=O)c2ccc(CN)cc2)n1. The van der Waals surface area contributed by atoms with E-state index in [1.165, 1.54) is 4.80 Å². The third-order valence-electron chi connectivity index (χ3n) is 2.38. The molecule has 0 saturated carbocycles. The fraction of sp³-hybridized carbons (Fsp3) is 0.273. The Bertz CT molecular complexity index is 517. The number of nitrogens with two attached hydrogens (primary N) is 1. The molecule has 0 aliphatic carbocycles. The first-order valence-electron chi connectivity index (χ1n) is 5.24. The molecule has 6 nitrogen and oxygen atoms in total. The first kappa shape index (κ1) is 11.4. The summed E-state index contributed by atoms with van der Waals surface area (Å²) in [7, 11) is 1.66. The van der Waals surface area contributed by atoms with Crippen molar-refractivity contribution in [3.63, 3.8) is 0 Å². The lowest BCUT2D eigenvalue weighted by Gasteiger charge is -2.00. The second-order valence-corrected chi connectivity index (χ2v) is 3.70. The normalized spacial score (nSPS) is 10.5. The third kappa shape index (κ3) is 2.73. The summed E-state index contributed by atoms with van der Waals surface area (Å²) < 4.78 is 0. The van der Waals surface area contributed by atoms with Gasteiger partial charge in [0.05, 0.1) is 13.5 Å². The van der Waals surface area contributed by atoms with E-state index in [9.17, 15) is 4.79 Å². The van der Waals surface area contributed by atoms with Gasteiger partial charge in [0.15, 0.2) is 11.6 Å². The van der Waals surface area contributed by atoms with Gasteiger partial charge in [0, 0.05) is 12.1 Å². The Morgan fingerprint density at radius 2 is 2.06 bits per heavy atom. The maximum absolute atomic E-state index is 11.9. The lowest BCUT2D eigenvalue weighted by Crippen LogP contribution is -2.06. The molecule has 2 N–H and O–H groups in total. The number of carbonyl (C=O) groups excluding carboxylic acids is 1. The van der Waals surface area contributed by atoms with Crippen molar-refractivity contribution >= 4 is 5.78 Å². The molecule has 0 aliphatic rings. The molecule has 2 aromatic rings. The van der Waals surface area contributed by atoms with E-state index < -0.39 is 0 Å². The minimum Gasteiger partial charge on any atom is -0.326 e. The van der Waals surface area contributed by atoms with Crippen molar-refractivity contribution < 1.29 is 4.79 Å². The fourth-order valence-corrected chi connectivity index (χ4v) is 1.47. The predicted octanol–water partition coefficient (Wildman–Crippen LogP) is 0.0942. The van der Waals surface area contributed by atoms with Gasteiger partial charge in [-0.25, -0.2) is 0 Å². The van der Waals surface area contributed by atoms with E-state index >= 15 is 0 Å². The summed E-state index contributed by atoms with van der Waals surface area (Å²) in [6.07, 6.45) is 0.163. The number of aromatic nitrogens is 4. The molecule has 0 fully saturated rings. The molecule has 2 rings (SSSR count). The van der Waals surface area contributed by atoms with Gasteiger partial charge in [0.1, 0.15) is 0 Å². The van der Waals surface area contributed by atoms with Crippen LogP contribution in [0.5, 0.6) is 0 Å². The van der Waals surface area contributed by atoms with E-state index in [2.05, 4.69) is 15.4 Å². The molecular formula is C11H13N5O. The van der Waals surface area contributed by atoms with Crippen LogP contribution in [0.2, 0.25) is 0 Å². The van der Waals surface area contributed by atoms with Crippen molar-refractivity contribution in [2.75, 3.05) is 0 Å². The van der Waals surface area contributed by atoms with Crippen molar-refractivity contribution in [2.45, 2.75) is 13.0 Å². The molecule has 17 heavy (non-hydrogen) atoms. The summed E-state index contributed by atoms with van der Waals surface area (Å²) in [5, 5.41) is 11.4. The van der Waals surface area contributed by atoms with Crippen molar-refractivity contribution in [2.24, 2.45) is 12.8 Å². The van der Waals surface area contributed by atoms with Crippen molar-refractivity contribution in [3.05, 3.63) is 41.2 Å². The van der Waals surface area contributed by atoms with E-state index in [0.29, 0.717) is 17.9 Å². The number of ketones is 1. The monoisotopic (exact) mass is 231 g/mol. The van der Waals surface area contributed by atoms with Gasteiger partial charge in [-0.1, -0.05) is 24.3 Å². The molecule has 1 heterocycles. The minimum atomic E-state index is -0.0263. The summed E-state index contributed by atoms with van der Waals surface area (Å²) in [6, 6.07) is 7.22. The number of hydrogen-bond acceptors (Lipinski definition) is 5. The van der Waals surface area contributed by atoms with Crippen molar-refractivity contribution in [1.82, 2.24) is 20.2 Å². The third-order valence-corrected chi connectivity index (χ3v) is 2.38. The smallest absolute Gasteiger partial charge is 0.182 e. The standard InChI is InChI=1S/C11H13N5O/c1-16-14-11(13-15-16)6-10(17)9-4-2-8(7-12)3-5-9/h2-5H,6-7,12H2,1H3. The van der Waals surface area contributed by atoms with Crippen molar-refractivity contribution in [3.8, 4) is 0 Å². The molecular weight excluding hydrogens is 218 g/mol. The van der Waals surface area contributed by atoms with E-state index in [1.807, 2.05) is 12.1 Å². The quantitative estimate of drug-likeness (QED) is 0.754.